The first-order chi connectivity index (χ1) is 52.4. The van der Waals surface area contributed by atoms with Crippen molar-refractivity contribution in [3.05, 3.63) is 0 Å². The van der Waals surface area contributed by atoms with E-state index in [1.54, 1.807) is 0 Å². The molecule has 0 saturated carbocycles. The van der Waals surface area contributed by atoms with Crippen molar-refractivity contribution in [1.29, 1.82) is 0 Å². The Morgan fingerprint density at radius 1 is 0.330 bits per heavy atom. The SMILES string of the molecule is CC(=O)N[C@@H]1[C@H](OCCOP(O)(=S)OCCCOP(O)(=S)OCCCOCC(COCCCOP(O)(=S)OCCCOP(O)(=S)OCCO[C@@H]2O[C@H](CO)[C@H](O)[C@H](O)[C@@H]2NC(C)=O)(COCCCOP(O)(=S)OCCCOP(O)(=S)OCCO[C@@H]2O[C@H](CO)[C@H](O)[C@H](O)[C@@H]2NC(C)=O)COP(C)(=O)O)O[C@H](CO)[C@H](O)[C@@H]1O. The third-order valence-corrected chi connectivity index (χ3v) is 25.4. The number of hydrogen-bond donors (Lipinski definition) is 19. The molecule has 3 heterocycles. The van der Waals surface area contributed by atoms with Gasteiger partial charge in [0.2, 0.25) is 17.7 Å². The molecule has 58 heteroatoms. The van der Waals surface area contributed by atoms with Crippen molar-refractivity contribution in [3.63, 3.8) is 0 Å². The molecular weight excluding hydrogens is 1770 g/mol. The second-order valence-corrected chi connectivity index (χ2v) is 43.5. The number of hydrogen-bond acceptors (Lipinski definition) is 41. The van der Waals surface area contributed by atoms with E-state index in [1.807, 2.05) is 0 Å². The molecule has 3 rings (SSSR count). The van der Waals surface area contributed by atoms with Gasteiger partial charge in [0.25, 0.3) is 0 Å². The van der Waals surface area contributed by atoms with E-state index < -0.39 is 189 Å². The zero-order valence-corrected chi connectivity index (χ0v) is 72.6. The number of amides is 3. The van der Waals surface area contributed by atoms with E-state index in [4.69, 9.17) is 172 Å². The number of aliphatic hydroxyl groups excluding tert-OH is 9. The van der Waals surface area contributed by atoms with Crippen LogP contribution in [0.5, 0.6) is 0 Å². The molecule has 112 heavy (non-hydrogen) atoms. The molecule has 0 radical (unpaired) electrons. The maximum atomic E-state index is 12.6. The molecular formula is C54H108N3O42P7S6. The highest BCUT2D eigenvalue weighted by Crippen LogP contribution is 2.49. The monoisotopic (exact) mass is 1880 g/mol. The molecule has 19 N–H and O–H groups in total. The summed E-state index contributed by atoms with van der Waals surface area (Å²) < 4.78 is 133. The lowest BCUT2D eigenvalue weighted by atomic mass is 9.92. The minimum atomic E-state index is -4.17. The fourth-order valence-corrected chi connectivity index (χ4v) is 17.5. The van der Waals surface area contributed by atoms with Crippen LogP contribution < -0.4 is 16.0 Å². The van der Waals surface area contributed by atoms with Crippen LogP contribution in [-0.4, -0.2) is 362 Å². The van der Waals surface area contributed by atoms with Crippen LogP contribution in [0.15, 0.2) is 0 Å². The Bertz CT molecular complexity index is 2800. The predicted octanol–water partition coefficient (Wildman–Crippen LogP) is -3.42. The Balaban J connectivity index is 1.50. The molecule has 0 spiro atoms. The van der Waals surface area contributed by atoms with Gasteiger partial charge in [0.05, 0.1) is 151 Å². The van der Waals surface area contributed by atoms with Crippen molar-refractivity contribution < 1.29 is 201 Å². The molecule has 0 aromatic carbocycles. The number of aliphatic hydroxyl groups is 9. The fraction of sp³-hybridized carbons (Fsp3) is 0.944. The average molecular weight is 1880 g/mol. The van der Waals surface area contributed by atoms with Gasteiger partial charge >= 0.3 is 47.9 Å². The third-order valence-electron chi connectivity index (χ3n) is 14.9. The maximum absolute atomic E-state index is 12.6. The van der Waals surface area contributed by atoms with Crippen LogP contribution in [0.1, 0.15) is 59.3 Å². The molecule has 3 amide bonds. The molecule has 3 aliphatic heterocycles. The molecule has 0 aliphatic carbocycles. The summed E-state index contributed by atoms with van der Waals surface area (Å²) in [5.41, 5.74) is -1.34. The van der Waals surface area contributed by atoms with E-state index >= 15 is 0 Å². The Labute approximate surface area is 677 Å². The van der Waals surface area contributed by atoms with Crippen molar-refractivity contribution in [3.8, 4) is 0 Å². The maximum Gasteiger partial charge on any atom is 0.325 e. The fourth-order valence-electron chi connectivity index (χ4n) is 9.66. The first kappa shape index (κ1) is 107. The molecule has 3 saturated heterocycles. The minimum Gasteiger partial charge on any atom is -0.394 e. The van der Waals surface area contributed by atoms with Gasteiger partial charge in [-0.1, -0.05) is 0 Å². The molecule has 0 aromatic rings. The largest absolute Gasteiger partial charge is 0.394 e. The van der Waals surface area contributed by atoms with Gasteiger partial charge in [-0.25, -0.2) is 0 Å². The molecule has 3 fully saturated rings. The quantitative estimate of drug-likeness (QED) is 0.0208. The number of rotatable bonds is 63. The molecule has 662 valence electrons. The smallest absolute Gasteiger partial charge is 0.325 e. The molecule has 7 unspecified atom stereocenters. The van der Waals surface area contributed by atoms with Crippen LogP contribution in [0, 0.1) is 5.41 Å². The summed E-state index contributed by atoms with van der Waals surface area (Å²) in [5, 5.41) is 97.8. The van der Waals surface area contributed by atoms with E-state index in [2.05, 4.69) is 16.0 Å². The Morgan fingerprint density at radius 3 is 0.732 bits per heavy atom. The van der Waals surface area contributed by atoms with Crippen LogP contribution in [-0.2, 0) is 191 Å². The van der Waals surface area contributed by atoms with Crippen LogP contribution >= 0.6 is 47.9 Å². The molecule has 0 bridgehead atoms. The number of nitrogens with one attached hydrogen (secondary N) is 3. The van der Waals surface area contributed by atoms with Gasteiger partial charge in [0, 0.05) is 47.3 Å². The number of carbonyl (C=O) groups is 3. The summed E-state index contributed by atoms with van der Waals surface area (Å²) in [6, 6.07) is -3.65. The van der Waals surface area contributed by atoms with E-state index in [0.717, 1.165) is 6.66 Å². The Kier molecular flexibility index (Phi) is 52.3. The van der Waals surface area contributed by atoms with E-state index in [0.29, 0.717) is 0 Å². The van der Waals surface area contributed by atoms with Crippen molar-refractivity contribution in [1.82, 2.24) is 16.0 Å². The Hall–Kier alpha value is 1.02. The standard InChI is InChI=1S/C54H108N3O42P7S6/c1-36(61)55-42-48(67)45(64)39(29-58)97-51(42)81-23-26-93-104(75,110)90-20-8-17-87-101(72,107)84-14-5-11-78-32-54(35-96-100(4,70)71,33-79-12-6-15-85-102(73,108)88-18-9-21-91-105(76,111)94-27-24-82-52-43(56-37(2)62)49(68)46(65)40(30-59)98-52)34-80-13-7-16-86-103(74,109)89-19-10-22-92-106(77,112)95-28-25-83-53-44(57-38(3)63)50(69)47(66)41(31-60)99-53/h39-53,58-60,64-69H,5-35H2,1-4H3,(H,55,61)(H,56,62)(H,57,63)(H,70,71)(H,72,107)(H,73,108)(H,74,109)(H,75,110)(H,76,111)(H,77,112)/t39-,40-,41-,42+,43+,44+,45+,46+,47+,48-,49-,50-,51-,52-,53-,54?,101?,102?,103?,104?,105?,106?/m1/s1. The van der Waals surface area contributed by atoms with Gasteiger partial charge in [-0.2, -0.15) is 0 Å². The number of carbonyl (C=O) groups excluding carboxylic acids is 3. The summed E-state index contributed by atoms with van der Waals surface area (Å²) in [6.45, 7) is -26.0. The van der Waals surface area contributed by atoms with Crippen LogP contribution in [0.2, 0.25) is 0 Å². The summed E-state index contributed by atoms with van der Waals surface area (Å²) >= 11 is 30.5. The van der Waals surface area contributed by atoms with Crippen molar-refractivity contribution in [2.24, 2.45) is 5.41 Å². The van der Waals surface area contributed by atoms with Crippen molar-refractivity contribution in [2.45, 2.75) is 151 Å². The zero-order valence-electron chi connectivity index (χ0n) is 61.4. The average Bonchev–Trinajstić information content (AvgIpc) is 0.817. The molecule has 0 aromatic heterocycles. The normalized spacial score (nSPS) is 28.7. The lowest BCUT2D eigenvalue weighted by Gasteiger charge is -2.42. The van der Waals surface area contributed by atoms with E-state index in [-0.39, 0.29) is 177 Å². The van der Waals surface area contributed by atoms with Gasteiger partial charge in [-0.3, -0.25) is 18.9 Å². The van der Waals surface area contributed by atoms with Crippen molar-refractivity contribution in [2.75, 3.05) is 172 Å². The lowest BCUT2D eigenvalue weighted by Crippen LogP contribution is -2.64. The second kappa shape index (κ2) is 54.6. The Morgan fingerprint density at radius 2 is 0.536 bits per heavy atom. The van der Waals surface area contributed by atoms with Crippen LogP contribution in [0.3, 0.4) is 0 Å². The highest BCUT2D eigenvalue weighted by molar-refractivity contribution is 8.08. The third kappa shape index (κ3) is 44.9. The van der Waals surface area contributed by atoms with Gasteiger partial charge in [-0.15, -0.1) is 0 Å². The lowest BCUT2D eigenvalue weighted by molar-refractivity contribution is -0.271. The van der Waals surface area contributed by atoms with Gasteiger partial charge in [-0.05, 0) is 109 Å². The summed E-state index contributed by atoms with van der Waals surface area (Å²) in [5.74, 6) is -1.70. The number of ether oxygens (including phenoxy) is 9. The van der Waals surface area contributed by atoms with Crippen molar-refractivity contribution >= 4 is 136 Å². The first-order valence-electron chi connectivity index (χ1n) is 34.3. The minimum absolute atomic E-state index is 0.0378. The second-order valence-electron chi connectivity index (χ2n) is 24.6. The summed E-state index contributed by atoms with van der Waals surface area (Å²) in [6.07, 6.45) is -16.5. The summed E-state index contributed by atoms with van der Waals surface area (Å²) in [7, 11) is -4.17. The zero-order chi connectivity index (χ0) is 84.0. The first-order valence-corrected chi connectivity index (χ1v) is 51.9. The highest BCUT2D eigenvalue weighted by atomic mass is 32.5. The predicted molar refractivity (Wildman–Crippen MR) is 409 cm³/mol. The van der Waals surface area contributed by atoms with Gasteiger partial charge in [0.1, 0.15) is 73.1 Å². The van der Waals surface area contributed by atoms with Crippen LogP contribution in [0.25, 0.3) is 0 Å². The molecule has 45 nitrogen and oxygen atoms in total. The van der Waals surface area contributed by atoms with E-state index in [9.17, 15) is 99.2 Å². The highest BCUT2D eigenvalue weighted by Gasteiger charge is 2.48. The van der Waals surface area contributed by atoms with Crippen LogP contribution in [0.4, 0.5) is 0 Å². The van der Waals surface area contributed by atoms with E-state index in [1.165, 1.54) is 20.8 Å². The summed E-state index contributed by atoms with van der Waals surface area (Å²) in [4.78, 5) is 109. The van der Waals surface area contributed by atoms with Gasteiger partial charge in [0.15, 0.2) is 18.9 Å². The topological polar surface area (TPSA) is 631 Å². The molecule has 22 atom stereocenters. The van der Waals surface area contributed by atoms with Gasteiger partial charge < -0.3 is 198 Å². The molecule has 3 aliphatic rings.